The zero-order valence-electron chi connectivity index (χ0n) is 10.4. The van der Waals surface area contributed by atoms with Crippen molar-refractivity contribution < 1.29 is 0 Å². The predicted molar refractivity (Wildman–Crippen MR) is 81.0 cm³/mol. The molecule has 2 N–H and O–H groups in total. The van der Waals surface area contributed by atoms with Crippen LogP contribution < -0.4 is 5.73 Å². The average molecular weight is 292 g/mol. The van der Waals surface area contributed by atoms with Crippen molar-refractivity contribution in [3.05, 3.63) is 69.2 Å². The maximum Gasteiger partial charge on any atom is 0.0624 e. The quantitative estimate of drug-likeness (QED) is 0.901. The molecule has 98 valence electrons. The van der Waals surface area contributed by atoms with Crippen LogP contribution in [0, 0.1) is 0 Å². The van der Waals surface area contributed by atoms with E-state index in [9.17, 15) is 0 Å². The lowest BCUT2D eigenvalue weighted by Gasteiger charge is -2.35. The summed E-state index contributed by atoms with van der Waals surface area (Å²) in [6, 6.07) is 14.3. The lowest BCUT2D eigenvalue weighted by Crippen LogP contribution is -2.37. The van der Waals surface area contributed by atoms with Crippen molar-refractivity contribution in [2.45, 2.75) is 24.8 Å². The summed E-state index contributed by atoms with van der Waals surface area (Å²) in [7, 11) is 0. The highest BCUT2D eigenvalue weighted by Gasteiger charge is 2.30. The Morgan fingerprint density at radius 2 is 1.89 bits per heavy atom. The van der Waals surface area contributed by atoms with E-state index in [1.807, 2.05) is 12.1 Å². The Labute approximate surface area is 123 Å². The fourth-order valence-electron chi connectivity index (χ4n) is 2.78. The number of fused-ring (bicyclic) bond motifs is 1. The number of benzene rings is 2. The Kier molecular flexibility index (Phi) is 3.53. The Morgan fingerprint density at radius 1 is 1.11 bits per heavy atom. The van der Waals surface area contributed by atoms with Crippen LogP contribution in [-0.2, 0) is 12.8 Å². The van der Waals surface area contributed by atoms with E-state index in [4.69, 9.17) is 28.9 Å². The molecule has 0 aromatic heterocycles. The molecule has 3 rings (SSSR count). The van der Waals surface area contributed by atoms with E-state index in [1.165, 1.54) is 11.1 Å². The van der Waals surface area contributed by atoms with E-state index >= 15 is 0 Å². The minimum Gasteiger partial charge on any atom is -0.327 e. The first-order valence-electron chi connectivity index (χ1n) is 6.43. The van der Waals surface area contributed by atoms with E-state index in [0.29, 0.717) is 16.0 Å². The second kappa shape index (κ2) is 5.16. The zero-order valence-corrected chi connectivity index (χ0v) is 12.0. The van der Waals surface area contributed by atoms with Gasteiger partial charge in [-0.2, -0.15) is 0 Å². The van der Waals surface area contributed by atoms with Crippen molar-refractivity contribution in [2.24, 2.45) is 5.73 Å². The molecule has 2 aromatic carbocycles. The fraction of sp³-hybridized carbons (Fsp3) is 0.250. The van der Waals surface area contributed by atoms with Crippen LogP contribution in [0.2, 0.25) is 10.0 Å². The molecule has 0 amide bonds. The Morgan fingerprint density at radius 3 is 2.68 bits per heavy atom. The molecular weight excluding hydrogens is 277 g/mol. The monoisotopic (exact) mass is 291 g/mol. The maximum atomic E-state index is 6.34. The van der Waals surface area contributed by atoms with Gasteiger partial charge in [0.1, 0.15) is 0 Å². The largest absolute Gasteiger partial charge is 0.327 e. The zero-order chi connectivity index (χ0) is 13.4. The SMILES string of the molecule is NC(Cc1cccc(Cl)c1Cl)C1Cc2ccccc21. The summed E-state index contributed by atoms with van der Waals surface area (Å²) in [5, 5.41) is 1.23. The third-order valence-electron chi connectivity index (χ3n) is 3.90. The number of hydrogen-bond donors (Lipinski definition) is 1. The molecule has 1 aliphatic rings. The lowest BCUT2D eigenvalue weighted by molar-refractivity contribution is 0.480. The first kappa shape index (κ1) is 13.0. The van der Waals surface area contributed by atoms with Gasteiger partial charge < -0.3 is 5.73 Å². The Bertz CT molecular complexity index is 609. The van der Waals surface area contributed by atoms with Crippen molar-refractivity contribution in [1.82, 2.24) is 0 Å². The van der Waals surface area contributed by atoms with Crippen molar-refractivity contribution in [3.8, 4) is 0 Å². The van der Waals surface area contributed by atoms with Crippen LogP contribution in [0.3, 0.4) is 0 Å². The lowest BCUT2D eigenvalue weighted by atomic mass is 9.72. The summed E-state index contributed by atoms with van der Waals surface area (Å²) in [5.41, 5.74) is 10.2. The summed E-state index contributed by atoms with van der Waals surface area (Å²) in [6.07, 6.45) is 1.83. The molecule has 2 unspecified atom stereocenters. The summed E-state index contributed by atoms with van der Waals surface area (Å²) in [6.45, 7) is 0. The second-order valence-electron chi connectivity index (χ2n) is 5.09. The minimum absolute atomic E-state index is 0.0888. The Hall–Kier alpha value is -1.02. The highest BCUT2D eigenvalue weighted by molar-refractivity contribution is 6.42. The summed E-state index contributed by atoms with van der Waals surface area (Å²) >= 11 is 12.2. The Balaban J connectivity index is 1.77. The van der Waals surface area contributed by atoms with E-state index in [2.05, 4.69) is 24.3 Å². The number of halogens is 2. The molecule has 1 nitrogen and oxygen atoms in total. The van der Waals surface area contributed by atoms with Gasteiger partial charge in [0.15, 0.2) is 0 Å². The van der Waals surface area contributed by atoms with Crippen LogP contribution in [0.15, 0.2) is 42.5 Å². The van der Waals surface area contributed by atoms with Crippen molar-refractivity contribution in [1.29, 1.82) is 0 Å². The first-order valence-corrected chi connectivity index (χ1v) is 7.18. The van der Waals surface area contributed by atoms with E-state index in [0.717, 1.165) is 18.4 Å². The average Bonchev–Trinajstić information content (AvgIpc) is 2.36. The van der Waals surface area contributed by atoms with Gasteiger partial charge in [-0.15, -0.1) is 0 Å². The molecule has 0 spiro atoms. The van der Waals surface area contributed by atoms with Crippen LogP contribution in [0.25, 0.3) is 0 Å². The van der Waals surface area contributed by atoms with Gasteiger partial charge in [-0.25, -0.2) is 0 Å². The van der Waals surface area contributed by atoms with E-state index in [-0.39, 0.29) is 6.04 Å². The standard InChI is InChI=1S/C16H15Cl2N/c17-14-7-3-5-11(16(14)18)9-15(19)13-8-10-4-1-2-6-12(10)13/h1-7,13,15H,8-9,19H2. The van der Waals surface area contributed by atoms with Gasteiger partial charge in [0, 0.05) is 12.0 Å². The molecule has 1 aliphatic carbocycles. The summed E-state index contributed by atoms with van der Waals surface area (Å²) in [4.78, 5) is 0. The second-order valence-corrected chi connectivity index (χ2v) is 5.88. The first-order chi connectivity index (χ1) is 9.16. The van der Waals surface area contributed by atoms with Gasteiger partial charge in [-0.1, -0.05) is 59.6 Å². The fourth-order valence-corrected chi connectivity index (χ4v) is 3.18. The molecule has 3 heteroatoms. The third kappa shape index (κ3) is 2.38. The van der Waals surface area contributed by atoms with E-state index in [1.54, 1.807) is 6.07 Å². The summed E-state index contributed by atoms with van der Waals surface area (Å²) < 4.78 is 0. The molecule has 0 radical (unpaired) electrons. The van der Waals surface area contributed by atoms with Gasteiger partial charge in [0.25, 0.3) is 0 Å². The molecule has 0 heterocycles. The third-order valence-corrected chi connectivity index (χ3v) is 4.76. The van der Waals surface area contributed by atoms with Gasteiger partial charge in [-0.05, 0) is 35.6 Å². The molecule has 0 aliphatic heterocycles. The van der Waals surface area contributed by atoms with Gasteiger partial charge >= 0.3 is 0 Å². The molecule has 0 fully saturated rings. The normalized spacial score (nSPS) is 18.6. The van der Waals surface area contributed by atoms with Crippen LogP contribution in [0.1, 0.15) is 22.6 Å². The van der Waals surface area contributed by atoms with E-state index < -0.39 is 0 Å². The molecular formula is C16H15Cl2N. The molecule has 0 bridgehead atoms. The van der Waals surface area contributed by atoms with Crippen LogP contribution in [0.4, 0.5) is 0 Å². The number of rotatable bonds is 3. The minimum atomic E-state index is 0.0888. The highest BCUT2D eigenvalue weighted by Crippen LogP contribution is 2.38. The summed E-state index contributed by atoms with van der Waals surface area (Å²) in [5.74, 6) is 0.436. The molecule has 2 atom stereocenters. The highest BCUT2D eigenvalue weighted by atomic mass is 35.5. The van der Waals surface area contributed by atoms with Crippen LogP contribution in [0.5, 0.6) is 0 Å². The van der Waals surface area contributed by atoms with Crippen molar-refractivity contribution >= 4 is 23.2 Å². The predicted octanol–water partition coefficient (Wildman–Crippen LogP) is 4.20. The maximum absolute atomic E-state index is 6.34. The van der Waals surface area contributed by atoms with Gasteiger partial charge in [0.05, 0.1) is 10.0 Å². The van der Waals surface area contributed by atoms with Crippen LogP contribution >= 0.6 is 23.2 Å². The molecule has 0 saturated heterocycles. The number of hydrogen-bond acceptors (Lipinski definition) is 1. The van der Waals surface area contributed by atoms with Crippen molar-refractivity contribution in [3.63, 3.8) is 0 Å². The van der Waals surface area contributed by atoms with Gasteiger partial charge in [-0.3, -0.25) is 0 Å². The number of nitrogens with two attached hydrogens (primary N) is 1. The molecule has 0 saturated carbocycles. The smallest absolute Gasteiger partial charge is 0.0624 e. The van der Waals surface area contributed by atoms with Gasteiger partial charge in [0.2, 0.25) is 0 Å². The molecule has 2 aromatic rings. The van der Waals surface area contributed by atoms with Crippen LogP contribution in [-0.4, -0.2) is 6.04 Å². The topological polar surface area (TPSA) is 26.0 Å². The van der Waals surface area contributed by atoms with Crippen molar-refractivity contribution in [2.75, 3.05) is 0 Å². The molecule has 19 heavy (non-hydrogen) atoms.